The number of aliphatic imine (C=N–C) groups is 1. The van der Waals surface area contributed by atoms with Gasteiger partial charge in [0, 0.05) is 27.2 Å². The van der Waals surface area contributed by atoms with E-state index in [9.17, 15) is 0 Å². The fourth-order valence-electron chi connectivity index (χ4n) is 1.82. The van der Waals surface area contributed by atoms with Crippen LogP contribution in [0.5, 0.6) is 5.75 Å². The molecule has 0 fully saturated rings. The molecule has 106 valence electrons. The Morgan fingerprint density at radius 2 is 2.11 bits per heavy atom. The summed E-state index contributed by atoms with van der Waals surface area (Å²) in [5.74, 6) is 1.88. The number of aryl methyl sites for hydroxylation is 1. The molecule has 0 spiro atoms. The van der Waals surface area contributed by atoms with Crippen LogP contribution in [0.4, 0.5) is 0 Å². The maximum Gasteiger partial charge on any atom is 0.193 e. The van der Waals surface area contributed by atoms with Crippen molar-refractivity contribution in [1.82, 2.24) is 10.2 Å². The zero-order valence-corrected chi connectivity index (χ0v) is 12.7. The molecule has 4 nitrogen and oxygen atoms in total. The van der Waals surface area contributed by atoms with E-state index in [0.717, 1.165) is 36.8 Å². The Morgan fingerprint density at radius 3 is 2.68 bits per heavy atom. The molecule has 0 aromatic heterocycles. The standard InChI is InChI=1S/C15H25N3O/c1-6-16-15(18(3)4)17-10-9-13-8-7-12(2)14(11-13)19-5/h7-8,11H,6,9-10H2,1-5H3,(H,16,17). The monoisotopic (exact) mass is 263 g/mol. The molecule has 1 aromatic carbocycles. The number of rotatable bonds is 5. The van der Waals surface area contributed by atoms with Gasteiger partial charge in [0.25, 0.3) is 0 Å². The van der Waals surface area contributed by atoms with Crippen LogP contribution in [0.1, 0.15) is 18.1 Å². The van der Waals surface area contributed by atoms with E-state index in [1.165, 1.54) is 5.56 Å². The van der Waals surface area contributed by atoms with Crippen molar-refractivity contribution in [3.63, 3.8) is 0 Å². The van der Waals surface area contributed by atoms with E-state index in [4.69, 9.17) is 4.74 Å². The molecule has 0 saturated carbocycles. The highest BCUT2D eigenvalue weighted by molar-refractivity contribution is 5.79. The van der Waals surface area contributed by atoms with Gasteiger partial charge in [-0.1, -0.05) is 12.1 Å². The van der Waals surface area contributed by atoms with Gasteiger partial charge in [0.1, 0.15) is 5.75 Å². The van der Waals surface area contributed by atoms with Crippen molar-refractivity contribution in [2.75, 3.05) is 34.3 Å². The molecule has 0 aliphatic heterocycles. The fraction of sp³-hybridized carbons (Fsp3) is 0.533. The number of guanidine groups is 1. The minimum atomic E-state index is 0.771. The minimum Gasteiger partial charge on any atom is -0.496 e. The van der Waals surface area contributed by atoms with Gasteiger partial charge in [-0.25, -0.2) is 0 Å². The second kappa shape index (κ2) is 7.67. The molecule has 0 radical (unpaired) electrons. The zero-order valence-electron chi connectivity index (χ0n) is 12.7. The zero-order chi connectivity index (χ0) is 14.3. The van der Waals surface area contributed by atoms with Crippen LogP contribution in [-0.2, 0) is 6.42 Å². The molecule has 0 saturated heterocycles. The number of ether oxygens (including phenoxy) is 1. The molecule has 0 atom stereocenters. The Labute approximate surface area is 116 Å². The molecule has 1 N–H and O–H groups in total. The Bertz CT molecular complexity index is 427. The Morgan fingerprint density at radius 1 is 1.37 bits per heavy atom. The van der Waals surface area contributed by atoms with E-state index < -0.39 is 0 Å². The van der Waals surface area contributed by atoms with Crippen LogP contribution in [0.15, 0.2) is 23.2 Å². The second-order valence-electron chi connectivity index (χ2n) is 4.68. The number of hydrogen-bond donors (Lipinski definition) is 1. The summed E-state index contributed by atoms with van der Waals surface area (Å²) in [6.07, 6.45) is 0.916. The van der Waals surface area contributed by atoms with Gasteiger partial charge in [0.05, 0.1) is 7.11 Å². The van der Waals surface area contributed by atoms with Crippen LogP contribution in [0, 0.1) is 6.92 Å². The molecule has 0 heterocycles. The van der Waals surface area contributed by atoms with Crippen LogP contribution in [-0.4, -0.2) is 45.2 Å². The third kappa shape index (κ3) is 4.81. The van der Waals surface area contributed by atoms with E-state index in [0.29, 0.717) is 0 Å². The highest BCUT2D eigenvalue weighted by Crippen LogP contribution is 2.19. The molecule has 4 heteroatoms. The van der Waals surface area contributed by atoms with E-state index >= 15 is 0 Å². The van der Waals surface area contributed by atoms with Crippen molar-refractivity contribution < 1.29 is 4.74 Å². The first-order valence-electron chi connectivity index (χ1n) is 6.67. The van der Waals surface area contributed by atoms with Crippen LogP contribution >= 0.6 is 0 Å². The van der Waals surface area contributed by atoms with Gasteiger partial charge in [-0.05, 0) is 37.5 Å². The van der Waals surface area contributed by atoms with Crippen LogP contribution in [0.2, 0.25) is 0 Å². The Balaban J connectivity index is 2.63. The first-order chi connectivity index (χ1) is 9.08. The predicted octanol–water partition coefficient (Wildman–Crippen LogP) is 2.07. The fourth-order valence-corrected chi connectivity index (χ4v) is 1.82. The molecule has 0 aliphatic rings. The molecule has 0 amide bonds. The van der Waals surface area contributed by atoms with Crippen molar-refractivity contribution in [2.45, 2.75) is 20.3 Å². The number of hydrogen-bond acceptors (Lipinski definition) is 2. The first kappa shape index (κ1) is 15.3. The van der Waals surface area contributed by atoms with Crippen LogP contribution in [0.25, 0.3) is 0 Å². The number of benzene rings is 1. The summed E-state index contributed by atoms with van der Waals surface area (Å²) in [5.41, 5.74) is 2.41. The lowest BCUT2D eigenvalue weighted by atomic mass is 10.1. The maximum atomic E-state index is 5.33. The average molecular weight is 263 g/mol. The molecule has 19 heavy (non-hydrogen) atoms. The molecule has 0 unspecified atom stereocenters. The van der Waals surface area contributed by atoms with Gasteiger partial charge in [0.2, 0.25) is 0 Å². The van der Waals surface area contributed by atoms with Gasteiger partial charge in [-0.15, -0.1) is 0 Å². The number of nitrogens with zero attached hydrogens (tertiary/aromatic N) is 2. The summed E-state index contributed by atoms with van der Waals surface area (Å²) < 4.78 is 5.33. The third-order valence-electron chi connectivity index (χ3n) is 2.89. The van der Waals surface area contributed by atoms with Crippen molar-refractivity contribution in [1.29, 1.82) is 0 Å². The minimum absolute atomic E-state index is 0.771. The van der Waals surface area contributed by atoms with E-state index in [1.54, 1.807) is 7.11 Å². The van der Waals surface area contributed by atoms with Crippen molar-refractivity contribution >= 4 is 5.96 Å². The smallest absolute Gasteiger partial charge is 0.193 e. The predicted molar refractivity (Wildman–Crippen MR) is 81.1 cm³/mol. The van der Waals surface area contributed by atoms with Crippen molar-refractivity contribution in [2.24, 2.45) is 4.99 Å². The summed E-state index contributed by atoms with van der Waals surface area (Å²) >= 11 is 0. The Hall–Kier alpha value is -1.71. The van der Waals surface area contributed by atoms with E-state index in [-0.39, 0.29) is 0 Å². The highest BCUT2D eigenvalue weighted by Gasteiger charge is 2.02. The lowest BCUT2D eigenvalue weighted by Gasteiger charge is -2.16. The molecule has 0 aliphatic carbocycles. The van der Waals surface area contributed by atoms with Crippen molar-refractivity contribution in [3.8, 4) is 5.75 Å². The molecular formula is C15H25N3O. The van der Waals surface area contributed by atoms with Gasteiger partial charge < -0.3 is 15.0 Å². The quantitative estimate of drug-likeness (QED) is 0.653. The summed E-state index contributed by atoms with van der Waals surface area (Å²) in [5, 5.41) is 3.25. The third-order valence-corrected chi connectivity index (χ3v) is 2.89. The van der Waals surface area contributed by atoms with Gasteiger partial charge in [-0.2, -0.15) is 0 Å². The highest BCUT2D eigenvalue weighted by atomic mass is 16.5. The maximum absolute atomic E-state index is 5.33. The number of methoxy groups -OCH3 is 1. The normalized spacial score (nSPS) is 11.3. The summed E-state index contributed by atoms with van der Waals surface area (Å²) in [4.78, 5) is 6.58. The Kier molecular flexibility index (Phi) is 6.19. The summed E-state index contributed by atoms with van der Waals surface area (Å²) in [6, 6.07) is 6.32. The van der Waals surface area contributed by atoms with E-state index in [1.807, 2.05) is 19.0 Å². The average Bonchev–Trinajstić information content (AvgIpc) is 2.39. The second-order valence-corrected chi connectivity index (χ2v) is 4.68. The van der Waals surface area contributed by atoms with Crippen LogP contribution < -0.4 is 10.1 Å². The van der Waals surface area contributed by atoms with Gasteiger partial charge >= 0.3 is 0 Å². The van der Waals surface area contributed by atoms with Gasteiger partial charge in [0.15, 0.2) is 5.96 Å². The largest absolute Gasteiger partial charge is 0.496 e. The van der Waals surface area contributed by atoms with Gasteiger partial charge in [-0.3, -0.25) is 4.99 Å². The molecule has 1 rings (SSSR count). The molecular weight excluding hydrogens is 238 g/mol. The lowest BCUT2D eigenvalue weighted by molar-refractivity contribution is 0.411. The number of nitrogens with one attached hydrogen (secondary N) is 1. The SMILES string of the molecule is CCNC(=NCCc1ccc(C)c(OC)c1)N(C)C. The molecule has 0 bridgehead atoms. The summed E-state index contributed by atoms with van der Waals surface area (Å²) in [6.45, 7) is 5.78. The lowest BCUT2D eigenvalue weighted by Crippen LogP contribution is -2.36. The van der Waals surface area contributed by atoms with Crippen LogP contribution in [0.3, 0.4) is 0 Å². The van der Waals surface area contributed by atoms with Crippen molar-refractivity contribution in [3.05, 3.63) is 29.3 Å². The summed E-state index contributed by atoms with van der Waals surface area (Å²) in [7, 11) is 5.70. The molecule has 1 aromatic rings. The first-order valence-corrected chi connectivity index (χ1v) is 6.67. The topological polar surface area (TPSA) is 36.9 Å². The van der Waals surface area contributed by atoms with E-state index in [2.05, 4.69) is 42.4 Å².